The van der Waals surface area contributed by atoms with Crippen LogP contribution in [0.15, 0.2) is 42.7 Å². The van der Waals surface area contributed by atoms with Crippen molar-refractivity contribution in [3.8, 4) is 0 Å². The molecule has 2 heterocycles. The van der Waals surface area contributed by atoms with E-state index in [1.807, 2.05) is 60.2 Å². The molecule has 26 heavy (non-hydrogen) atoms. The summed E-state index contributed by atoms with van der Waals surface area (Å²) in [6, 6.07) is 9.26. The molecule has 0 atom stereocenters. The monoisotopic (exact) mass is 408 g/mol. The maximum Gasteiger partial charge on any atom is 0.174 e. The Balaban J connectivity index is 1.63. The fraction of sp³-hybridized carbons (Fsp3) is 0.235. The molecule has 0 aliphatic heterocycles. The Morgan fingerprint density at radius 3 is 2.62 bits per heavy atom. The van der Waals surface area contributed by atoms with Crippen molar-refractivity contribution in [2.75, 3.05) is 12.4 Å². The second kappa shape index (κ2) is 8.07. The second-order valence-corrected chi connectivity index (χ2v) is 7.03. The zero-order valence-electron chi connectivity index (χ0n) is 14.4. The van der Waals surface area contributed by atoms with Crippen molar-refractivity contribution in [3.05, 3.63) is 64.0 Å². The van der Waals surface area contributed by atoms with E-state index in [1.54, 1.807) is 10.9 Å². The predicted molar refractivity (Wildman–Crippen MR) is 109 cm³/mol. The van der Waals surface area contributed by atoms with Gasteiger partial charge in [-0.2, -0.15) is 10.2 Å². The first kappa shape index (κ1) is 18.7. The van der Waals surface area contributed by atoms with E-state index in [4.69, 9.17) is 35.4 Å². The molecule has 6 nitrogen and oxygen atoms in total. The molecule has 0 amide bonds. The average molecular weight is 409 g/mol. The van der Waals surface area contributed by atoms with E-state index in [0.717, 1.165) is 11.3 Å². The summed E-state index contributed by atoms with van der Waals surface area (Å²) in [6.07, 6.45) is 3.62. The van der Waals surface area contributed by atoms with Gasteiger partial charge in [-0.1, -0.05) is 29.3 Å². The fourth-order valence-corrected chi connectivity index (χ4v) is 3.12. The van der Waals surface area contributed by atoms with Gasteiger partial charge in [0.25, 0.3) is 0 Å². The molecular formula is C17H18Cl2N6S. The van der Waals surface area contributed by atoms with Crippen LogP contribution >= 0.6 is 35.4 Å². The zero-order chi connectivity index (χ0) is 18.7. The maximum absolute atomic E-state index is 6.22. The van der Waals surface area contributed by atoms with Crippen LogP contribution in [0.25, 0.3) is 0 Å². The number of anilines is 1. The molecule has 1 aromatic carbocycles. The molecule has 0 spiro atoms. The molecule has 0 fully saturated rings. The molecule has 0 bridgehead atoms. The summed E-state index contributed by atoms with van der Waals surface area (Å²) in [4.78, 5) is 1.93. The van der Waals surface area contributed by atoms with Crippen LogP contribution in [0.2, 0.25) is 10.0 Å². The van der Waals surface area contributed by atoms with Gasteiger partial charge in [-0.15, -0.1) is 0 Å². The van der Waals surface area contributed by atoms with Gasteiger partial charge in [-0.05, 0) is 30.4 Å². The number of nitrogens with zero attached hydrogens (tertiary/aromatic N) is 5. The van der Waals surface area contributed by atoms with Gasteiger partial charge in [-0.25, -0.2) is 0 Å². The Bertz CT molecular complexity index is 899. The summed E-state index contributed by atoms with van der Waals surface area (Å²) in [5.41, 5.74) is 1.90. The van der Waals surface area contributed by atoms with Crippen LogP contribution in [0, 0.1) is 0 Å². The first-order valence-electron chi connectivity index (χ1n) is 7.89. The Morgan fingerprint density at radius 1 is 1.23 bits per heavy atom. The van der Waals surface area contributed by atoms with Crippen LogP contribution in [0.3, 0.4) is 0 Å². The molecule has 0 saturated carbocycles. The first-order valence-corrected chi connectivity index (χ1v) is 9.06. The van der Waals surface area contributed by atoms with Gasteiger partial charge in [0.05, 0.1) is 18.8 Å². The lowest BCUT2D eigenvalue weighted by molar-refractivity contribution is 0.482. The number of benzene rings is 1. The van der Waals surface area contributed by atoms with Gasteiger partial charge < -0.3 is 10.2 Å². The van der Waals surface area contributed by atoms with Crippen LogP contribution in [0.5, 0.6) is 0 Å². The van der Waals surface area contributed by atoms with E-state index < -0.39 is 0 Å². The third kappa shape index (κ3) is 4.35. The first-order chi connectivity index (χ1) is 12.4. The van der Waals surface area contributed by atoms with E-state index in [0.29, 0.717) is 34.1 Å². The lowest BCUT2D eigenvalue weighted by Crippen LogP contribution is -2.31. The van der Waals surface area contributed by atoms with Crippen molar-refractivity contribution in [3.63, 3.8) is 0 Å². The van der Waals surface area contributed by atoms with Crippen LogP contribution in [-0.4, -0.2) is 36.6 Å². The largest absolute Gasteiger partial charge is 0.346 e. The zero-order valence-corrected chi connectivity index (χ0v) is 16.7. The van der Waals surface area contributed by atoms with Crippen molar-refractivity contribution < 1.29 is 0 Å². The number of hydrogen-bond acceptors (Lipinski definition) is 3. The van der Waals surface area contributed by atoms with Gasteiger partial charge in [0, 0.05) is 48.2 Å². The summed E-state index contributed by atoms with van der Waals surface area (Å²) in [5.74, 6) is 0.662. The lowest BCUT2D eigenvalue weighted by Gasteiger charge is -2.20. The molecule has 9 heteroatoms. The Hall–Kier alpha value is -2.09. The molecule has 0 saturated heterocycles. The normalized spacial score (nSPS) is 10.8. The van der Waals surface area contributed by atoms with E-state index in [9.17, 15) is 0 Å². The Kier molecular flexibility index (Phi) is 5.80. The molecular weight excluding hydrogens is 391 g/mol. The predicted octanol–water partition coefficient (Wildman–Crippen LogP) is 3.80. The van der Waals surface area contributed by atoms with E-state index in [-0.39, 0.29) is 0 Å². The number of halogens is 2. The van der Waals surface area contributed by atoms with Crippen LogP contribution < -0.4 is 5.32 Å². The number of aromatic nitrogens is 4. The summed E-state index contributed by atoms with van der Waals surface area (Å²) >= 11 is 17.9. The Labute approximate surface area is 167 Å². The number of thiocarbonyl (C=S) groups is 1. The molecule has 0 unspecified atom stereocenters. The summed E-state index contributed by atoms with van der Waals surface area (Å²) in [6.45, 7) is 1.14. The minimum atomic E-state index is 0.484. The molecule has 2 aromatic heterocycles. The van der Waals surface area contributed by atoms with Gasteiger partial charge >= 0.3 is 0 Å². The van der Waals surface area contributed by atoms with E-state index in [1.165, 1.54) is 0 Å². The average Bonchev–Trinajstić information content (AvgIpc) is 3.20. The van der Waals surface area contributed by atoms with Crippen molar-refractivity contribution in [1.29, 1.82) is 0 Å². The lowest BCUT2D eigenvalue weighted by atomic mass is 10.2. The Morgan fingerprint density at radius 2 is 1.96 bits per heavy atom. The fourth-order valence-electron chi connectivity index (χ4n) is 2.44. The minimum absolute atomic E-state index is 0.484. The third-order valence-electron chi connectivity index (χ3n) is 3.93. The molecule has 0 aliphatic rings. The minimum Gasteiger partial charge on any atom is -0.346 e. The summed E-state index contributed by atoms with van der Waals surface area (Å²) < 4.78 is 3.58. The van der Waals surface area contributed by atoms with Crippen molar-refractivity contribution >= 4 is 46.4 Å². The van der Waals surface area contributed by atoms with Gasteiger partial charge in [0.1, 0.15) is 0 Å². The van der Waals surface area contributed by atoms with Crippen LogP contribution in [-0.2, 0) is 20.1 Å². The second-order valence-electron chi connectivity index (χ2n) is 5.83. The highest BCUT2D eigenvalue weighted by molar-refractivity contribution is 7.80. The number of nitrogens with one attached hydrogen (secondary N) is 1. The molecule has 3 rings (SSSR count). The van der Waals surface area contributed by atoms with Gasteiger partial charge in [-0.3, -0.25) is 9.36 Å². The summed E-state index contributed by atoms with van der Waals surface area (Å²) in [5, 5.41) is 13.6. The molecule has 136 valence electrons. The topological polar surface area (TPSA) is 50.9 Å². The highest BCUT2D eigenvalue weighted by Crippen LogP contribution is 2.25. The molecule has 1 N–H and O–H groups in total. The smallest absolute Gasteiger partial charge is 0.174 e. The molecule has 3 aromatic rings. The standard InChI is InChI=1S/C17H18Cl2N6S/c1-23(10-12-6-8-20-24(12)2)17(26)21-16-7-9-25(22-16)11-13-14(18)4-3-5-15(13)19/h3-9H,10-11H2,1-2H3,(H,21,22,26). The quantitative estimate of drug-likeness (QED) is 0.650. The third-order valence-corrected chi connectivity index (χ3v) is 5.05. The van der Waals surface area contributed by atoms with Crippen molar-refractivity contribution in [2.24, 2.45) is 7.05 Å². The highest BCUT2D eigenvalue weighted by Gasteiger charge is 2.11. The van der Waals surface area contributed by atoms with Crippen molar-refractivity contribution in [2.45, 2.75) is 13.1 Å². The van der Waals surface area contributed by atoms with Crippen LogP contribution in [0.1, 0.15) is 11.3 Å². The van der Waals surface area contributed by atoms with Gasteiger partial charge in [0.15, 0.2) is 10.9 Å². The number of aryl methyl sites for hydroxylation is 1. The van der Waals surface area contributed by atoms with Crippen LogP contribution in [0.4, 0.5) is 5.82 Å². The van der Waals surface area contributed by atoms with E-state index in [2.05, 4.69) is 15.5 Å². The van der Waals surface area contributed by atoms with Crippen molar-refractivity contribution in [1.82, 2.24) is 24.5 Å². The number of hydrogen-bond donors (Lipinski definition) is 1. The SMILES string of the molecule is CN(Cc1ccnn1C)C(=S)Nc1ccn(Cc2c(Cl)cccc2Cl)n1. The molecule has 0 radical (unpaired) electrons. The molecule has 0 aliphatic carbocycles. The van der Waals surface area contributed by atoms with E-state index >= 15 is 0 Å². The summed E-state index contributed by atoms with van der Waals surface area (Å²) in [7, 11) is 3.82. The van der Waals surface area contributed by atoms with Gasteiger partial charge in [0.2, 0.25) is 0 Å². The number of rotatable bonds is 5. The highest BCUT2D eigenvalue weighted by atomic mass is 35.5. The maximum atomic E-state index is 6.22.